The zero-order chi connectivity index (χ0) is 23.3. The summed E-state index contributed by atoms with van der Waals surface area (Å²) in [6, 6.07) is 9.54. The molecule has 3 rings (SSSR count). The molecule has 0 saturated carbocycles. The van der Waals surface area contributed by atoms with E-state index in [0.717, 1.165) is 41.9 Å². The van der Waals surface area contributed by atoms with Gasteiger partial charge in [-0.1, -0.05) is 25.0 Å². The molecule has 0 amide bonds. The van der Waals surface area contributed by atoms with Gasteiger partial charge in [-0.15, -0.1) is 0 Å². The largest absolute Gasteiger partial charge is 0.286 e. The summed E-state index contributed by atoms with van der Waals surface area (Å²) in [6.45, 7) is 2.37. The first-order valence-corrected chi connectivity index (χ1v) is 11.5. The van der Waals surface area contributed by atoms with Crippen molar-refractivity contribution in [3.8, 4) is 6.19 Å². The molecule has 1 heterocycles. The van der Waals surface area contributed by atoms with Crippen LogP contribution in [-0.2, 0) is 10.0 Å². The Labute approximate surface area is 186 Å². The van der Waals surface area contributed by atoms with Gasteiger partial charge in [0.1, 0.15) is 10.7 Å². The molecule has 0 bridgehead atoms. The lowest BCUT2D eigenvalue weighted by Gasteiger charge is -2.21. The molecule has 1 radical (unpaired) electrons. The van der Waals surface area contributed by atoms with Gasteiger partial charge in [-0.3, -0.25) is 20.2 Å². The predicted octanol–water partition coefficient (Wildman–Crippen LogP) is 3.32. The highest BCUT2D eigenvalue weighted by atomic mass is 32.2. The van der Waals surface area contributed by atoms with Crippen molar-refractivity contribution >= 4 is 32.9 Å². The minimum atomic E-state index is -4.41. The maximum atomic E-state index is 13.2. The first-order chi connectivity index (χ1) is 15.2. The molecule has 1 aliphatic heterocycles. The molecule has 11 heteroatoms. The van der Waals surface area contributed by atoms with Gasteiger partial charge in [-0.05, 0) is 43.5 Å². The van der Waals surface area contributed by atoms with Crippen molar-refractivity contribution in [2.24, 2.45) is 0 Å². The number of anilines is 2. The molecule has 1 saturated heterocycles. The SMILES string of the molecule is Cc1cccc(N(C#N)c2ccc([N+](=O)[O-])cc2S(=O)(=O)NC(=N)C2CCCCC[N]2)c1. The van der Waals surface area contributed by atoms with Crippen LogP contribution in [0.5, 0.6) is 0 Å². The van der Waals surface area contributed by atoms with Crippen LogP contribution in [0.25, 0.3) is 0 Å². The number of hydrogen-bond acceptors (Lipinski definition) is 7. The van der Waals surface area contributed by atoms with E-state index < -0.39 is 31.6 Å². The summed E-state index contributed by atoms with van der Waals surface area (Å²) in [5.41, 5.74) is 0.763. The maximum Gasteiger partial charge on any atom is 0.270 e. The number of nitro groups is 1. The number of aryl methyl sites for hydroxylation is 1. The summed E-state index contributed by atoms with van der Waals surface area (Å²) < 4.78 is 28.7. The molecule has 1 fully saturated rings. The van der Waals surface area contributed by atoms with Crippen LogP contribution in [0.15, 0.2) is 47.4 Å². The Bertz CT molecular complexity index is 1170. The van der Waals surface area contributed by atoms with E-state index in [0.29, 0.717) is 18.7 Å². The van der Waals surface area contributed by atoms with E-state index >= 15 is 0 Å². The van der Waals surface area contributed by atoms with Crippen LogP contribution in [0.3, 0.4) is 0 Å². The van der Waals surface area contributed by atoms with Crippen molar-refractivity contribution < 1.29 is 13.3 Å². The lowest BCUT2D eigenvalue weighted by molar-refractivity contribution is -0.385. The van der Waals surface area contributed by atoms with Gasteiger partial charge in [0, 0.05) is 18.7 Å². The fourth-order valence-electron chi connectivity index (χ4n) is 3.50. The normalized spacial score (nSPS) is 16.4. The monoisotopic (exact) mass is 455 g/mol. The van der Waals surface area contributed by atoms with Gasteiger partial charge in [0.25, 0.3) is 15.7 Å². The number of sulfonamides is 1. The van der Waals surface area contributed by atoms with Crippen molar-refractivity contribution in [1.82, 2.24) is 10.0 Å². The number of hydrogen-bond donors (Lipinski definition) is 2. The second-order valence-electron chi connectivity index (χ2n) is 7.47. The van der Waals surface area contributed by atoms with Crippen LogP contribution in [-0.4, -0.2) is 31.8 Å². The number of nitrogens with one attached hydrogen (secondary N) is 2. The number of non-ortho nitro benzene ring substituents is 1. The fourth-order valence-corrected chi connectivity index (χ4v) is 4.75. The maximum absolute atomic E-state index is 13.2. The smallest absolute Gasteiger partial charge is 0.270 e. The summed E-state index contributed by atoms with van der Waals surface area (Å²) >= 11 is 0. The van der Waals surface area contributed by atoms with Gasteiger partial charge in [-0.25, -0.2) is 18.6 Å². The van der Waals surface area contributed by atoms with Crippen LogP contribution in [0.4, 0.5) is 17.1 Å². The van der Waals surface area contributed by atoms with Gasteiger partial charge < -0.3 is 0 Å². The van der Waals surface area contributed by atoms with E-state index in [1.54, 1.807) is 18.2 Å². The third-order valence-corrected chi connectivity index (χ3v) is 6.50. The molecule has 2 aromatic rings. The summed E-state index contributed by atoms with van der Waals surface area (Å²) in [7, 11) is -4.41. The molecule has 1 unspecified atom stereocenters. The minimum Gasteiger partial charge on any atom is -0.286 e. The van der Waals surface area contributed by atoms with E-state index in [4.69, 9.17) is 5.41 Å². The van der Waals surface area contributed by atoms with E-state index in [1.165, 1.54) is 6.07 Å². The summed E-state index contributed by atoms with van der Waals surface area (Å²) in [4.78, 5) is 11.2. The van der Waals surface area contributed by atoms with Gasteiger partial charge >= 0.3 is 0 Å². The number of amidine groups is 1. The van der Waals surface area contributed by atoms with Crippen molar-refractivity contribution in [3.63, 3.8) is 0 Å². The number of nitriles is 1. The van der Waals surface area contributed by atoms with Gasteiger partial charge in [0.15, 0.2) is 6.19 Å². The highest BCUT2D eigenvalue weighted by Gasteiger charge is 2.29. The van der Waals surface area contributed by atoms with Crippen molar-refractivity contribution in [1.29, 1.82) is 10.7 Å². The van der Waals surface area contributed by atoms with Gasteiger partial charge in [0.2, 0.25) is 0 Å². The molecule has 0 aromatic heterocycles. The average molecular weight is 456 g/mol. The van der Waals surface area contributed by atoms with Crippen molar-refractivity contribution in [2.45, 2.75) is 43.5 Å². The Hall–Kier alpha value is -3.49. The Balaban J connectivity index is 2.04. The summed E-state index contributed by atoms with van der Waals surface area (Å²) in [5, 5.41) is 33.7. The minimum absolute atomic E-state index is 0.0539. The molecule has 0 spiro atoms. The highest BCUT2D eigenvalue weighted by Crippen LogP contribution is 2.34. The molecule has 2 aromatic carbocycles. The third kappa shape index (κ3) is 5.22. The number of nitro benzene ring substituents is 1. The third-order valence-electron chi connectivity index (χ3n) is 5.11. The number of rotatable bonds is 6. The quantitative estimate of drug-likeness (QED) is 0.170. The Morgan fingerprint density at radius 2 is 2.06 bits per heavy atom. The molecule has 1 atom stereocenters. The zero-order valence-electron chi connectivity index (χ0n) is 17.5. The first kappa shape index (κ1) is 23.2. The Kier molecular flexibility index (Phi) is 7.07. The van der Waals surface area contributed by atoms with E-state index in [1.807, 2.05) is 19.2 Å². The Morgan fingerprint density at radius 1 is 1.28 bits per heavy atom. The molecule has 32 heavy (non-hydrogen) atoms. The van der Waals surface area contributed by atoms with E-state index in [2.05, 4.69) is 10.0 Å². The van der Waals surface area contributed by atoms with E-state index in [9.17, 15) is 23.8 Å². The summed E-state index contributed by atoms with van der Waals surface area (Å²) in [5.74, 6) is -0.289. The van der Waals surface area contributed by atoms with Crippen LogP contribution in [0, 0.1) is 33.9 Å². The highest BCUT2D eigenvalue weighted by molar-refractivity contribution is 7.90. The van der Waals surface area contributed by atoms with E-state index in [-0.39, 0.29) is 11.5 Å². The van der Waals surface area contributed by atoms with Crippen LogP contribution in [0.2, 0.25) is 0 Å². The van der Waals surface area contributed by atoms with Crippen LogP contribution < -0.4 is 14.9 Å². The lowest BCUT2D eigenvalue weighted by atomic mass is 10.1. The average Bonchev–Trinajstić information content (AvgIpc) is 3.04. The van der Waals surface area contributed by atoms with Gasteiger partial charge in [0.05, 0.1) is 22.3 Å². The number of nitrogens with zero attached hydrogens (tertiary/aromatic N) is 4. The van der Waals surface area contributed by atoms with Crippen LogP contribution in [0.1, 0.15) is 31.2 Å². The Morgan fingerprint density at radius 3 is 2.75 bits per heavy atom. The second-order valence-corrected chi connectivity index (χ2v) is 9.12. The van der Waals surface area contributed by atoms with Crippen molar-refractivity contribution in [3.05, 3.63) is 58.1 Å². The first-order valence-electron chi connectivity index (χ1n) is 10.1. The second kappa shape index (κ2) is 9.76. The van der Waals surface area contributed by atoms with Gasteiger partial charge in [-0.2, -0.15) is 5.26 Å². The molecule has 167 valence electrons. The molecule has 10 nitrogen and oxygen atoms in total. The zero-order valence-corrected chi connectivity index (χ0v) is 18.3. The molecule has 1 aliphatic rings. The molecular weight excluding hydrogens is 432 g/mol. The standard InChI is InChI=1S/C21H23N6O4S/c1-15-6-5-7-16(12-15)26(14-22)19-10-9-17(27(28)29)13-20(19)32(30,31)25-21(23)18-8-3-2-4-11-24-18/h5-7,9-10,12-13,18H,2-4,8,11H2,1H3,(H2,23,25). The lowest BCUT2D eigenvalue weighted by Crippen LogP contribution is -2.42. The topological polar surface area (TPSA) is 154 Å². The fraction of sp³-hybridized carbons (Fsp3) is 0.333. The molecular formula is C21H23N6O4S. The number of benzene rings is 2. The van der Waals surface area contributed by atoms with Crippen molar-refractivity contribution in [2.75, 3.05) is 11.4 Å². The summed E-state index contributed by atoms with van der Waals surface area (Å²) in [6.07, 6.45) is 5.18. The predicted molar refractivity (Wildman–Crippen MR) is 119 cm³/mol. The molecule has 2 N–H and O–H groups in total. The molecule has 0 aliphatic carbocycles. The van der Waals surface area contributed by atoms with Crippen LogP contribution >= 0.6 is 0 Å².